The van der Waals surface area contributed by atoms with Gasteiger partial charge < -0.3 is 10.2 Å². The summed E-state index contributed by atoms with van der Waals surface area (Å²) in [7, 11) is 0. The minimum atomic E-state index is 0.594. The number of nitrogens with one attached hydrogen (secondary N) is 1. The average Bonchev–Trinajstić information content (AvgIpc) is 2.46. The normalized spacial score (nSPS) is 15.7. The number of anilines is 3. The number of aromatic nitrogens is 2. The molecular weight excluding hydrogens is 331 g/mol. The second kappa shape index (κ2) is 6.93. The minimum Gasteiger partial charge on any atom is -0.341 e. The third kappa shape index (κ3) is 4.27. The molecule has 1 aliphatic heterocycles. The molecule has 0 amide bonds. The molecule has 1 saturated heterocycles. The van der Waals surface area contributed by atoms with E-state index in [1.807, 2.05) is 25.1 Å². The van der Waals surface area contributed by atoms with Crippen molar-refractivity contribution in [1.29, 1.82) is 0 Å². The van der Waals surface area contributed by atoms with Gasteiger partial charge in [-0.2, -0.15) is 4.98 Å². The topological polar surface area (TPSA) is 41.1 Å². The highest BCUT2D eigenvalue weighted by Crippen LogP contribution is 2.26. The van der Waals surface area contributed by atoms with Gasteiger partial charge in [-0.15, -0.1) is 0 Å². The molecule has 0 aliphatic carbocycles. The van der Waals surface area contributed by atoms with Gasteiger partial charge in [0.1, 0.15) is 5.82 Å². The number of hydrogen-bond donors (Lipinski definition) is 1. The van der Waals surface area contributed by atoms with Gasteiger partial charge in [-0.05, 0) is 43.9 Å². The van der Waals surface area contributed by atoms with E-state index in [1.54, 1.807) is 6.07 Å². The first-order chi connectivity index (χ1) is 11.0. The molecule has 0 saturated carbocycles. The highest BCUT2D eigenvalue weighted by atomic mass is 35.5. The molecular formula is C17H20Cl2N4. The molecule has 0 bridgehead atoms. The molecule has 1 fully saturated rings. The summed E-state index contributed by atoms with van der Waals surface area (Å²) in [5, 5.41) is 4.46. The van der Waals surface area contributed by atoms with Gasteiger partial charge in [-0.1, -0.05) is 30.1 Å². The van der Waals surface area contributed by atoms with E-state index in [-0.39, 0.29) is 0 Å². The van der Waals surface area contributed by atoms with Gasteiger partial charge in [0.05, 0.1) is 0 Å². The third-order valence-electron chi connectivity index (χ3n) is 4.04. The van der Waals surface area contributed by atoms with Crippen LogP contribution in [0.1, 0.15) is 25.5 Å². The Morgan fingerprint density at radius 3 is 2.35 bits per heavy atom. The van der Waals surface area contributed by atoms with Crippen molar-refractivity contribution in [3.63, 3.8) is 0 Å². The van der Waals surface area contributed by atoms with Crippen LogP contribution in [-0.2, 0) is 0 Å². The van der Waals surface area contributed by atoms with Crippen molar-refractivity contribution in [3.05, 3.63) is 40.0 Å². The molecule has 6 heteroatoms. The zero-order valence-electron chi connectivity index (χ0n) is 13.3. The Bertz CT molecular complexity index is 677. The molecule has 2 aromatic rings. The van der Waals surface area contributed by atoms with E-state index in [9.17, 15) is 0 Å². The molecule has 3 rings (SSSR count). The molecule has 1 aromatic carbocycles. The lowest BCUT2D eigenvalue weighted by atomic mass is 10.00. The number of rotatable bonds is 3. The van der Waals surface area contributed by atoms with Crippen LogP contribution in [0.25, 0.3) is 0 Å². The van der Waals surface area contributed by atoms with Crippen molar-refractivity contribution in [3.8, 4) is 0 Å². The molecule has 2 heterocycles. The zero-order valence-corrected chi connectivity index (χ0v) is 14.8. The van der Waals surface area contributed by atoms with E-state index in [0.29, 0.717) is 10.0 Å². The van der Waals surface area contributed by atoms with Crippen LogP contribution in [0, 0.1) is 12.8 Å². The van der Waals surface area contributed by atoms with Crippen LogP contribution in [0.15, 0.2) is 24.3 Å². The van der Waals surface area contributed by atoms with Gasteiger partial charge in [0.25, 0.3) is 0 Å². The lowest BCUT2D eigenvalue weighted by Crippen LogP contribution is -2.34. The predicted octanol–water partition coefficient (Wildman–Crippen LogP) is 5.07. The summed E-state index contributed by atoms with van der Waals surface area (Å²) in [5.41, 5.74) is 1.75. The number of benzene rings is 1. The van der Waals surface area contributed by atoms with Crippen molar-refractivity contribution >= 4 is 40.7 Å². The molecule has 1 aliphatic rings. The van der Waals surface area contributed by atoms with Crippen LogP contribution in [0.2, 0.25) is 10.0 Å². The summed E-state index contributed by atoms with van der Waals surface area (Å²) in [6, 6.07) is 7.28. The molecule has 4 nitrogen and oxygen atoms in total. The van der Waals surface area contributed by atoms with E-state index in [4.69, 9.17) is 23.2 Å². The first-order valence-electron chi connectivity index (χ1n) is 7.83. The molecule has 0 spiro atoms. The Balaban J connectivity index is 1.82. The van der Waals surface area contributed by atoms with Gasteiger partial charge in [0.2, 0.25) is 5.95 Å². The van der Waals surface area contributed by atoms with Gasteiger partial charge in [-0.25, -0.2) is 4.98 Å². The summed E-state index contributed by atoms with van der Waals surface area (Å²) in [5.74, 6) is 2.32. The molecule has 1 aromatic heterocycles. The van der Waals surface area contributed by atoms with Gasteiger partial charge in [-0.3, -0.25) is 0 Å². The second-order valence-electron chi connectivity index (χ2n) is 6.15. The fourth-order valence-electron chi connectivity index (χ4n) is 2.74. The molecule has 0 unspecified atom stereocenters. The smallest absolute Gasteiger partial charge is 0.227 e. The van der Waals surface area contributed by atoms with Crippen LogP contribution >= 0.6 is 23.2 Å². The van der Waals surface area contributed by atoms with E-state index >= 15 is 0 Å². The second-order valence-corrected chi connectivity index (χ2v) is 7.02. The molecule has 23 heavy (non-hydrogen) atoms. The number of halogens is 2. The summed E-state index contributed by atoms with van der Waals surface area (Å²) in [4.78, 5) is 11.5. The highest BCUT2D eigenvalue weighted by molar-refractivity contribution is 6.35. The number of piperidine rings is 1. The average molecular weight is 351 g/mol. The number of aryl methyl sites for hydroxylation is 1. The Morgan fingerprint density at radius 2 is 1.70 bits per heavy atom. The third-order valence-corrected chi connectivity index (χ3v) is 4.48. The summed E-state index contributed by atoms with van der Waals surface area (Å²) in [6.45, 7) is 6.29. The first kappa shape index (κ1) is 16.3. The fourth-order valence-corrected chi connectivity index (χ4v) is 3.27. The standard InChI is InChI=1S/C17H20Cl2N4/c1-11-3-5-23(6-4-11)17-20-12(2)7-16(22-17)21-15-9-13(18)8-14(19)10-15/h7-11H,3-6H2,1-2H3,(H,20,21,22). The fraction of sp³-hybridized carbons (Fsp3) is 0.412. The summed E-state index contributed by atoms with van der Waals surface area (Å²) < 4.78 is 0. The van der Waals surface area contributed by atoms with Crippen LogP contribution in [-0.4, -0.2) is 23.1 Å². The maximum Gasteiger partial charge on any atom is 0.227 e. The van der Waals surface area contributed by atoms with E-state index in [1.165, 1.54) is 12.8 Å². The lowest BCUT2D eigenvalue weighted by molar-refractivity contribution is 0.434. The quantitative estimate of drug-likeness (QED) is 0.838. The lowest BCUT2D eigenvalue weighted by Gasteiger charge is -2.30. The maximum absolute atomic E-state index is 6.05. The largest absolute Gasteiger partial charge is 0.341 e. The minimum absolute atomic E-state index is 0.594. The number of nitrogens with zero attached hydrogens (tertiary/aromatic N) is 3. The van der Waals surface area contributed by atoms with Gasteiger partial charge >= 0.3 is 0 Å². The SMILES string of the molecule is Cc1cc(Nc2cc(Cl)cc(Cl)c2)nc(N2CCC(C)CC2)n1. The van der Waals surface area contributed by atoms with Crippen molar-refractivity contribution in [2.45, 2.75) is 26.7 Å². The Hall–Kier alpha value is -1.52. The molecule has 0 radical (unpaired) electrons. The summed E-state index contributed by atoms with van der Waals surface area (Å²) in [6.07, 6.45) is 2.37. The summed E-state index contributed by atoms with van der Waals surface area (Å²) >= 11 is 12.1. The van der Waals surface area contributed by atoms with E-state index < -0.39 is 0 Å². The predicted molar refractivity (Wildman–Crippen MR) is 97.1 cm³/mol. The first-order valence-corrected chi connectivity index (χ1v) is 8.59. The van der Waals surface area contributed by atoms with E-state index in [2.05, 4.69) is 27.1 Å². The zero-order chi connectivity index (χ0) is 16.4. The van der Waals surface area contributed by atoms with Crippen molar-refractivity contribution in [2.24, 2.45) is 5.92 Å². The molecule has 122 valence electrons. The molecule has 0 atom stereocenters. The van der Waals surface area contributed by atoms with Crippen molar-refractivity contribution in [2.75, 3.05) is 23.3 Å². The monoisotopic (exact) mass is 350 g/mol. The van der Waals surface area contributed by atoms with Crippen LogP contribution in [0.4, 0.5) is 17.5 Å². The van der Waals surface area contributed by atoms with Crippen molar-refractivity contribution in [1.82, 2.24) is 9.97 Å². The Kier molecular flexibility index (Phi) is 4.93. The maximum atomic E-state index is 6.05. The van der Waals surface area contributed by atoms with Gasteiger partial charge in [0, 0.05) is 40.6 Å². The molecule has 1 N–H and O–H groups in total. The number of hydrogen-bond acceptors (Lipinski definition) is 4. The van der Waals surface area contributed by atoms with Gasteiger partial charge in [0.15, 0.2) is 0 Å². The Labute approximate surface area is 146 Å². The van der Waals surface area contributed by atoms with Crippen molar-refractivity contribution < 1.29 is 0 Å². The van der Waals surface area contributed by atoms with E-state index in [0.717, 1.165) is 42.2 Å². The van der Waals surface area contributed by atoms with Crippen LogP contribution < -0.4 is 10.2 Å². The van der Waals surface area contributed by atoms with Crippen LogP contribution in [0.3, 0.4) is 0 Å². The van der Waals surface area contributed by atoms with Crippen LogP contribution in [0.5, 0.6) is 0 Å². The Morgan fingerprint density at radius 1 is 1.04 bits per heavy atom. The highest BCUT2D eigenvalue weighted by Gasteiger charge is 2.18.